The number of halogens is 1. The summed E-state index contributed by atoms with van der Waals surface area (Å²) >= 11 is 0. The van der Waals surface area contributed by atoms with Gasteiger partial charge in [-0.3, -0.25) is 9.59 Å². The lowest BCUT2D eigenvalue weighted by molar-refractivity contribution is -0.137. The molecule has 0 fully saturated rings. The zero-order valence-electron chi connectivity index (χ0n) is 18.3. The van der Waals surface area contributed by atoms with Gasteiger partial charge in [0.15, 0.2) is 0 Å². The molecule has 1 amide bonds. The number of nitrogens with one attached hydrogen (secondary N) is 1. The number of fused-ring (bicyclic) bond motifs is 1. The van der Waals surface area contributed by atoms with Crippen LogP contribution in [0, 0.1) is 5.82 Å². The summed E-state index contributed by atoms with van der Waals surface area (Å²) in [5.74, 6) is -1.43. The molecule has 2 aromatic carbocycles. The molecule has 0 saturated heterocycles. The highest BCUT2D eigenvalue weighted by molar-refractivity contribution is 5.97. The van der Waals surface area contributed by atoms with Crippen molar-refractivity contribution in [2.75, 3.05) is 6.54 Å². The maximum absolute atomic E-state index is 13.4. The normalized spacial score (nSPS) is 12.1. The third kappa shape index (κ3) is 5.73. The molecule has 0 atom stereocenters. The van der Waals surface area contributed by atoms with Gasteiger partial charge in [0.05, 0.1) is 29.0 Å². The first kappa shape index (κ1) is 22.9. The van der Waals surface area contributed by atoms with E-state index in [9.17, 15) is 14.0 Å². The Morgan fingerprint density at radius 2 is 1.85 bits per heavy atom. The number of aromatic nitrogens is 2. The van der Waals surface area contributed by atoms with Gasteiger partial charge in [0.1, 0.15) is 5.82 Å². The highest BCUT2D eigenvalue weighted by Crippen LogP contribution is 2.26. The topological polar surface area (TPSA) is 92.2 Å². The second-order valence-corrected chi connectivity index (χ2v) is 7.83. The number of aliphatic carboxylic acids is 1. The molecular weight excluding hydrogens is 433 g/mol. The minimum absolute atomic E-state index is 0.0772. The van der Waals surface area contributed by atoms with Gasteiger partial charge in [-0.2, -0.15) is 0 Å². The van der Waals surface area contributed by atoms with Crippen molar-refractivity contribution >= 4 is 22.9 Å². The molecule has 6 nitrogen and oxygen atoms in total. The predicted octanol–water partition coefficient (Wildman–Crippen LogP) is 4.77. The van der Waals surface area contributed by atoms with Crippen molar-refractivity contribution in [2.45, 2.75) is 25.7 Å². The average Bonchev–Trinajstić information content (AvgIpc) is 2.85. The molecule has 4 rings (SSSR count). The zero-order chi connectivity index (χ0) is 23.9. The molecule has 3 aromatic rings. The predicted molar refractivity (Wildman–Crippen MR) is 127 cm³/mol. The molecular formula is C27H22FN3O3. The van der Waals surface area contributed by atoms with E-state index in [1.54, 1.807) is 36.4 Å². The molecule has 0 spiro atoms. The number of carbonyl (C=O) groups excluding carboxylic acids is 1. The summed E-state index contributed by atoms with van der Waals surface area (Å²) in [6.07, 6.45) is 7.15. The van der Waals surface area contributed by atoms with Crippen LogP contribution in [0.25, 0.3) is 22.3 Å². The molecule has 1 heterocycles. The summed E-state index contributed by atoms with van der Waals surface area (Å²) < 4.78 is 13.4. The Kier molecular flexibility index (Phi) is 7.09. The lowest BCUT2D eigenvalue weighted by atomic mass is 10.0. The molecule has 7 heteroatoms. The summed E-state index contributed by atoms with van der Waals surface area (Å²) in [6, 6.07) is 11.1. The monoisotopic (exact) mass is 455 g/mol. The van der Waals surface area contributed by atoms with Crippen molar-refractivity contribution in [2.24, 2.45) is 0 Å². The Labute approximate surface area is 195 Å². The van der Waals surface area contributed by atoms with Gasteiger partial charge >= 0.3 is 5.97 Å². The lowest BCUT2D eigenvalue weighted by Crippen LogP contribution is -2.25. The Morgan fingerprint density at radius 1 is 1.03 bits per heavy atom. The molecule has 1 aliphatic carbocycles. The summed E-state index contributed by atoms with van der Waals surface area (Å²) in [5, 5.41) is 11.8. The quantitative estimate of drug-likeness (QED) is 0.358. The van der Waals surface area contributed by atoms with E-state index in [-0.39, 0.29) is 18.1 Å². The SMILES string of the molecule is O=C(O)CCCCc1nc2cc(C(=O)NCC3=C=C=CC=C3)ccc2nc1-c1ccc(F)cc1. The zero-order valence-corrected chi connectivity index (χ0v) is 18.3. The lowest BCUT2D eigenvalue weighted by Gasteiger charge is -2.11. The fourth-order valence-electron chi connectivity index (χ4n) is 3.58. The van der Waals surface area contributed by atoms with E-state index in [1.807, 2.05) is 12.2 Å². The Balaban J connectivity index is 1.62. The maximum Gasteiger partial charge on any atom is 0.303 e. The number of carboxylic acids is 1. The number of unbranched alkanes of at least 4 members (excludes halogenated alkanes) is 1. The van der Waals surface area contributed by atoms with Crippen LogP contribution in [0.3, 0.4) is 0 Å². The van der Waals surface area contributed by atoms with Crippen molar-refractivity contribution in [3.05, 3.63) is 94.8 Å². The van der Waals surface area contributed by atoms with Gasteiger partial charge in [-0.25, -0.2) is 14.4 Å². The van der Waals surface area contributed by atoms with E-state index >= 15 is 0 Å². The van der Waals surface area contributed by atoms with Crippen molar-refractivity contribution in [3.8, 4) is 11.3 Å². The highest BCUT2D eigenvalue weighted by Gasteiger charge is 2.14. The van der Waals surface area contributed by atoms with Crippen LogP contribution in [0.4, 0.5) is 4.39 Å². The third-order valence-corrected chi connectivity index (χ3v) is 5.32. The molecule has 1 aliphatic rings. The third-order valence-electron chi connectivity index (χ3n) is 5.32. The van der Waals surface area contributed by atoms with E-state index in [2.05, 4.69) is 16.8 Å². The van der Waals surface area contributed by atoms with E-state index in [0.29, 0.717) is 53.8 Å². The first-order chi connectivity index (χ1) is 16.5. The number of rotatable bonds is 9. The van der Waals surface area contributed by atoms with E-state index < -0.39 is 5.97 Å². The maximum atomic E-state index is 13.4. The molecule has 170 valence electrons. The van der Waals surface area contributed by atoms with Crippen LogP contribution in [0.2, 0.25) is 0 Å². The minimum atomic E-state index is -0.843. The molecule has 0 aliphatic heterocycles. The number of nitrogens with zero attached hydrogens (tertiary/aromatic N) is 2. The van der Waals surface area contributed by atoms with Crippen LogP contribution in [0.5, 0.6) is 0 Å². The summed E-state index contributed by atoms with van der Waals surface area (Å²) in [4.78, 5) is 33.0. The van der Waals surface area contributed by atoms with Crippen molar-refractivity contribution in [1.82, 2.24) is 15.3 Å². The van der Waals surface area contributed by atoms with Crippen molar-refractivity contribution in [1.29, 1.82) is 0 Å². The molecule has 2 N–H and O–H groups in total. The van der Waals surface area contributed by atoms with Crippen LogP contribution in [0.15, 0.2) is 77.7 Å². The fourth-order valence-corrected chi connectivity index (χ4v) is 3.58. The van der Waals surface area contributed by atoms with Crippen molar-refractivity contribution in [3.63, 3.8) is 0 Å². The first-order valence-corrected chi connectivity index (χ1v) is 10.9. The van der Waals surface area contributed by atoms with Crippen LogP contribution in [-0.4, -0.2) is 33.5 Å². The number of amides is 1. The molecule has 0 radical (unpaired) electrons. The standard InChI is InChI=1S/C27H22FN3O3/c28-21-13-10-19(11-14-21)26-23(8-4-5-9-25(32)33)30-24-16-20(12-15-22(24)31-26)27(34)29-17-18-6-2-1-3-7-18/h1-2,6,10-16H,4-5,8-9,17H2,(H,29,34)(H,32,33). The molecule has 0 bridgehead atoms. The van der Waals surface area contributed by atoms with Crippen molar-refractivity contribution < 1.29 is 19.1 Å². The Bertz CT molecular complexity index is 1380. The Hall–Kier alpha value is -4.31. The van der Waals surface area contributed by atoms with E-state index in [0.717, 1.165) is 11.1 Å². The second kappa shape index (κ2) is 10.5. The number of hydrogen-bond acceptors (Lipinski definition) is 4. The van der Waals surface area contributed by atoms with Gasteiger partial charge in [0, 0.05) is 23.1 Å². The smallest absolute Gasteiger partial charge is 0.303 e. The van der Waals surface area contributed by atoms with Crippen LogP contribution in [0.1, 0.15) is 35.3 Å². The van der Waals surface area contributed by atoms with Crippen LogP contribution >= 0.6 is 0 Å². The number of hydrogen-bond donors (Lipinski definition) is 2. The van der Waals surface area contributed by atoms with Gasteiger partial charge in [-0.15, -0.1) is 0 Å². The van der Waals surface area contributed by atoms with E-state index in [4.69, 9.17) is 15.1 Å². The highest BCUT2D eigenvalue weighted by atomic mass is 19.1. The summed E-state index contributed by atoms with van der Waals surface area (Å²) in [6.45, 7) is 0.332. The first-order valence-electron chi connectivity index (χ1n) is 10.9. The molecule has 34 heavy (non-hydrogen) atoms. The molecule has 0 unspecified atom stereocenters. The number of aryl methyl sites for hydroxylation is 1. The van der Waals surface area contributed by atoms with Gasteiger partial charge in [0.2, 0.25) is 0 Å². The largest absolute Gasteiger partial charge is 0.481 e. The molecule has 1 aromatic heterocycles. The number of carboxylic acid groups (broad SMARTS) is 1. The van der Waals surface area contributed by atoms with Crippen LogP contribution < -0.4 is 5.32 Å². The van der Waals surface area contributed by atoms with Gasteiger partial charge in [0.25, 0.3) is 5.91 Å². The average molecular weight is 455 g/mol. The molecule has 0 saturated carbocycles. The van der Waals surface area contributed by atoms with Gasteiger partial charge in [-0.05, 0) is 73.9 Å². The number of carbonyl (C=O) groups is 2. The summed E-state index contributed by atoms with van der Waals surface area (Å²) in [5.41, 5.74) is 10.3. The number of allylic oxidation sites excluding steroid dienone is 2. The second-order valence-electron chi connectivity index (χ2n) is 7.83. The minimum Gasteiger partial charge on any atom is -0.481 e. The van der Waals surface area contributed by atoms with Crippen LogP contribution in [-0.2, 0) is 11.2 Å². The van der Waals surface area contributed by atoms with Gasteiger partial charge < -0.3 is 10.4 Å². The number of benzene rings is 2. The Morgan fingerprint density at radius 3 is 2.59 bits per heavy atom. The van der Waals surface area contributed by atoms with E-state index in [1.165, 1.54) is 12.1 Å². The summed E-state index contributed by atoms with van der Waals surface area (Å²) in [7, 11) is 0. The van der Waals surface area contributed by atoms with Gasteiger partial charge in [-0.1, -0.05) is 17.5 Å². The fraction of sp³-hybridized carbons (Fsp3) is 0.185.